The quantitative estimate of drug-likeness (QED) is 0.441. The van der Waals surface area contributed by atoms with E-state index in [1.165, 1.54) is 0 Å². The number of fused-ring (bicyclic) bond motifs is 2. The van der Waals surface area contributed by atoms with Gasteiger partial charge in [0.1, 0.15) is 16.8 Å². The van der Waals surface area contributed by atoms with Crippen LogP contribution in [0.4, 0.5) is 0 Å². The lowest BCUT2D eigenvalue weighted by Gasteiger charge is -2.40. The van der Waals surface area contributed by atoms with Crippen molar-refractivity contribution in [3.8, 4) is 5.75 Å². The Morgan fingerprint density at radius 1 is 1.00 bits per heavy atom. The van der Waals surface area contributed by atoms with Crippen molar-refractivity contribution in [1.29, 1.82) is 0 Å². The number of nitrogens with zero attached hydrogens (tertiary/aromatic N) is 2. The number of hydrogen-bond donors (Lipinski definition) is 0. The number of hydrogen-bond acceptors (Lipinski definition) is 4. The fourth-order valence-electron chi connectivity index (χ4n) is 4.70. The molecule has 1 unspecified atom stereocenters. The fraction of sp³-hybridized carbons (Fsp3) is 0.231. The number of rotatable bonds is 5. The van der Waals surface area contributed by atoms with Gasteiger partial charge >= 0.3 is 0 Å². The van der Waals surface area contributed by atoms with Crippen LogP contribution in [0.25, 0.3) is 11.1 Å². The summed E-state index contributed by atoms with van der Waals surface area (Å²) in [6, 6.07) is 23.3. The Balaban J connectivity index is 1.71. The highest BCUT2D eigenvalue weighted by atomic mass is 16.5. The predicted octanol–water partition coefficient (Wildman–Crippen LogP) is 5.39. The molecule has 0 saturated carbocycles. The largest absolute Gasteiger partial charge is 0.497 e. The van der Waals surface area contributed by atoms with Crippen LogP contribution in [0.3, 0.4) is 0 Å². The molecule has 0 fully saturated rings. The molecule has 2 heterocycles. The number of carbonyl (C=O) groups excluding carboxylic acids is 1. The monoisotopic (exact) mass is 412 g/mol. The maximum absolute atomic E-state index is 13.7. The molecular formula is C26H24N2O3. The molecule has 1 aliphatic heterocycles. The Bertz CT molecular complexity index is 1230. The standard InChI is InChI=1S/C26H24N2O3/c1-17(2)26(25-27-22-10-6-7-11-23(22)31-25)21-9-5-4-8-20(21)24(29)28(26)16-18-12-14-19(30-3)15-13-18/h4-15,17H,16H2,1-3H3. The summed E-state index contributed by atoms with van der Waals surface area (Å²) in [5.74, 6) is 1.36. The van der Waals surface area contributed by atoms with E-state index in [4.69, 9.17) is 14.1 Å². The lowest BCUT2D eigenvalue weighted by Crippen LogP contribution is -2.48. The van der Waals surface area contributed by atoms with E-state index >= 15 is 0 Å². The third kappa shape index (κ3) is 2.84. The number of carbonyl (C=O) groups is 1. The van der Waals surface area contributed by atoms with E-state index in [1.54, 1.807) is 7.11 Å². The van der Waals surface area contributed by atoms with E-state index in [2.05, 4.69) is 13.8 Å². The molecule has 5 rings (SSSR count). The van der Waals surface area contributed by atoms with Gasteiger partial charge < -0.3 is 14.1 Å². The summed E-state index contributed by atoms with van der Waals surface area (Å²) in [6.45, 7) is 4.67. The third-order valence-electron chi connectivity index (χ3n) is 6.19. The van der Waals surface area contributed by atoms with Crippen molar-refractivity contribution in [1.82, 2.24) is 9.88 Å². The second-order valence-corrected chi connectivity index (χ2v) is 8.19. The zero-order chi connectivity index (χ0) is 21.6. The number of ether oxygens (including phenoxy) is 1. The van der Waals surface area contributed by atoms with Gasteiger partial charge in [0.2, 0.25) is 5.89 Å². The summed E-state index contributed by atoms with van der Waals surface area (Å²) in [4.78, 5) is 20.4. The van der Waals surface area contributed by atoms with Crippen LogP contribution in [-0.4, -0.2) is 22.9 Å². The van der Waals surface area contributed by atoms with Gasteiger partial charge in [-0.2, -0.15) is 0 Å². The molecule has 0 saturated heterocycles. The average Bonchev–Trinajstić information content (AvgIpc) is 3.33. The smallest absolute Gasteiger partial charge is 0.255 e. The maximum Gasteiger partial charge on any atom is 0.255 e. The van der Waals surface area contributed by atoms with Gasteiger partial charge in [-0.15, -0.1) is 0 Å². The molecule has 0 radical (unpaired) electrons. The maximum atomic E-state index is 13.7. The van der Waals surface area contributed by atoms with Crippen LogP contribution in [0, 0.1) is 5.92 Å². The van der Waals surface area contributed by atoms with Gasteiger partial charge in [0.05, 0.1) is 7.11 Å². The van der Waals surface area contributed by atoms with Crippen molar-refractivity contribution in [2.24, 2.45) is 5.92 Å². The van der Waals surface area contributed by atoms with Crippen molar-refractivity contribution in [3.05, 3.63) is 95.4 Å². The second-order valence-electron chi connectivity index (χ2n) is 8.19. The summed E-state index contributed by atoms with van der Waals surface area (Å²) in [7, 11) is 1.65. The van der Waals surface area contributed by atoms with Gasteiger partial charge in [0, 0.05) is 17.7 Å². The SMILES string of the molecule is COc1ccc(CN2C(=O)c3ccccc3C2(c2nc3ccccc3o2)C(C)C)cc1. The topological polar surface area (TPSA) is 55.6 Å². The molecule has 0 spiro atoms. The van der Waals surface area contributed by atoms with E-state index in [-0.39, 0.29) is 11.8 Å². The van der Waals surface area contributed by atoms with Gasteiger partial charge in [0.25, 0.3) is 5.91 Å². The molecule has 0 aliphatic carbocycles. The predicted molar refractivity (Wildman–Crippen MR) is 119 cm³/mol. The normalized spacial score (nSPS) is 18.1. The molecule has 1 aromatic heterocycles. The van der Waals surface area contributed by atoms with Gasteiger partial charge in [-0.25, -0.2) is 4.98 Å². The zero-order valence-corrected chi connectivity index (χ0v) is 17.8. The van der Waals surface area contributed by atoms with Crippen molar-refractivity contribution in [2.75, 3.05) is 7.11 Å². The molecule has 4 aromatic rings. The molecule has 3 aromatic carbocycles. The molecule has 1 atom stereocenters. The molecule has 1 aliphatic rings. The van der Waals surface area contributed by atoms with Gasteiger partial charge in [-0.05, 0) is 41.8 Å². The number of methoxy groups -OCH3 is 1. The lowest BCUT2D eigenvalue weighted by atomic mass is 9.79. The lowest BCUT2D eigenvalue weighted by molar-refractivity contribution is 0.0412. The molecule has 5 nitrogen and oxygen atoms in total. The number of para-hydroxylation sites is 2. The zero-order valence-electron chi connectivity index (χ0n) is 17.8. The molecule has 5 heteroatoms. The van der Waals surface area contributed by atoms with Crippen LogP contribution in [0.15, 0.2) is 77.2 Å². The van der Waals surface area contributed by atoms with Crippen molar-refractivity contribution in [3.63, 3.8) is 0 Å². The minimum atomic E-state index is -0.799. The Kier molecular flexibility index (Phi) is 4.54. The van der Waals surface area contributed by atoms with Crippen LogP contribution in [0.1, 0.15) is 41.2 Å². The minimum Gasteiger partial charge on any atom is -0.497 e. The van der Waals surface area contributed by atoms with E-state index in [1.807, 2.05) is 77.7 Å². The van der Waals surface area contributed by atoms with E-state index in [0.717, 1.165) is 28.0 Å². The van der Waals surface area contributed by atoms with E-state index in [0.29, 0.717) is 18.0 Å². The summed E-state index contributed by atoms with van der Waals surface area (Å²) >= 11 is 0. The first-order valence-electron chi connectivity index (χ1n) is 10.5. The number of oxazole rings is 1. The summed E-state index contributed by atoms with van der Waals surface area (Å²) in [5.41, 5.74) is 3.37. The van der Waals surface area contributed by atoms with Gasteiger partial charge in [0.15, 0.2) is 5.58 Å². The van der Waals surface area contributed by atoms with Gasteiger partial charge in [-0.3, -0.25) is 4.79 Å². The molecule has 156 valence electrons. The molecular weight excluding hydrogens is 388 g/mol. The highest BCUT2D eigenvalue weighted by molar-refractivity contribution is 6.00. The highest BCUT2D eigenvalue weighted by Gasteiger charge is 2.56. The number of benzene rings is 3. The van der Waals surface area contributed by atoms with Crippen molar-refractivity contribution < 1.29 is 13.9 Å². The number of aromatic nitrogens is 1. The highest BCUT2D eigenvalue weighted by Crippen LogP contribution is 2.50. The molecule has 0 bridgehead atoms. The third-order valence-corrected chi connectivity index (χ3v) is 6.19. The fourth-order valence-corrected chi connectivity index (χ4v) is 4.70. The second kappa shape index (κ2) is 7.27. The Morgan fingerprint density at radius 2 is 1.71 bits per heavy atom. The summed E-state index contributed by atoms with van der Waals surface area (Å²) in [6.07, 6.45) is 0. The van der Waals surface area contributed by atoms with Crippen LogP contribution in [0.5, 0.6) is 5.75 Å². The Labute approximate surface area is 181 Å². The first kappa shape index (κ1) is 19.4. The van der Waals surface area contributed by atoms with Crippen LogP contribution < -0.4 is 4.74 Å². The van der Waals surface area contributed by atoms with Crippen molar-refractivity contribution in [2.45, 2.75) is 25.9 Å². The summed E-state index contributed by atoms with van der Waals surface area (Å²) < 4.78 is 11.6. The van der Waals surface area contributed by atoms with E-state index in [9.17, 15) is 4.79 Å². The number of amides is 1. The molecule has 31 heavy (non-hydrogen) atoms. The van der Waals surface area contributed by atoms with E-state index < -0.39 is 5.54 Å². The van der Waals surface area contributed by atoms with Crippen LogP contribution in [0.2, 0.25) is 0 Å². The van der Waals surface area contributed by atoms with Gasteiger partial charge in [-0.1, -0.05) is 56.3 Å². The van der Waals surface area contributed by atoms with Crippen LogP contribution >= 0.6 is 0 Å². The first-order valence-corrected chi connectivity index (χ1v) is 10.5. The Morgan fingerprint density at radius 3 is 2.42 bits per heavy atom. The molecule has 1 amide bonds. The summed E-state index contributed by atoms with van der Waals surface area (Å²) in [5, 5.41) is 0. The van der Waals surface area contributed by atoms with Crippen LogP contribution in [-0.2, 0) is 12.1 Å². The minimum absolute atomic E-state index is 0.0117. The first-order chi connectivity index (χ1) is 15.1. The molecule has 0 N–H and O–H groups in total. The Hall–Kier alpha value is -3.60. The van der Waals surface area contributed by atoms with Crippen molar-refractivity contribution >= 4 is 17.0 Å². The average molecular weight is 412 g/mol.